The van der Waals surface area contributed by atoms with Gasteiger partial charge in [-0.2, -0.15) is 0 Å². The van der Waals surface area contributed by atoms with Crippen LogP contribution < -0.4 is 5.73 Å². The van der Waals surface area contributed by atoms with Crippen molar-refractivity contribution in [3.63, 3.8) is 0 Å². The summed E-state index contributed by atoms with van der Waals surface area (Å²) in [4.78, 5) is 1.01. The predicted octanol–water partition coefficient (Wildman–Crippen LogP) is 4.46. The molecule has 0 saturated heterocycles. The Balaban J connectivity index is 2.26. The van der Waals surface area contributed by atoms with Crippen LogP contribution in [-0.2, 0) is 0 Å². The normalized spacial score (nSPS) is 30.4. The van der Waals surface area contributed by atoms with Gasteiger partial charge in [0, 0.05) is 21.3 Å². The first-order valence-electron chi connectivity index (χ1n) is 6.31. The summed E-state index contributed by atoms with van der Waals surface area (Å²) in [5.41, 5.74) is 5.87. The van der Waals surface area contributed by atoms with E-state index in [1.807, 2.05) is 6.07 Å². The largest absolute Gasteiger partial charge is 0.387 e. The highest BCUT2D eigenvalue weighted by atomic mass is 79.9. The van der Waals surface area contributed by atoms with Gasteiger partial charge < -0.3 is 10.8 Å². The van der Waals surface area contributed by atoms with E-state index in [-0.39, 0.29) is 5.41 Å². The Morgan fingerprint density at radius 1 is 1.61 bits per heavy atom. The topological polar surface area (TPSA) is 46.2 Å². The molecule has 1 heterocycles. The Bertz CT molecular complexity index is 404. The number of aliphatic hydroxyl groups is 1. The van der Waals surface area contributed by atoms with Gasteiger partial charge in [0.2, 0.25) is 0 Å². The zero-order valence-corrected chi connectivity index (χ0v) is 14.4. The Morgan fingerprint density at radius 3 is 2.83 bits per heavy atom. The molecule has 102 valence electrons. The van der Waals surface area contributed by atoms with Crippen molar-refractivity contribution in [2.24, 2.45) is 17.1 Å². The summed E-state index contributed by atoms with van der Waals surface area (Å²) in [6, 6.07) is 2.01. The Morgan fingerprint density at radius 2 is 2.33 bits per heavy atom. The standard InChI is InChI=1S/C13H19Br2NOS/c1-8-3-2-4-13(6-8,7-16)11(17)10-5-9(14)12(15)18-10/h5,8,11,17H,2-4,6-7,16H2,1H3. The van der Waals surface area contributed by atoms with Gasteiger partial charge in [-0.25, -0.2) is 0 Å². The molecule has 2 rings (SSSR count). The van der Waals surface area contributed by atoms with Crippen molar-refractivity contribution in [3.8, 4) is 0 Å². The van der Waals surface area contributed by atoms with Crippen LogP contribution in [0.3, 0.4) is 0 Å². The molecule has 2 nitrogen and oxygen atoms in total. The van der Waals surface area contributed by atoms with Crippen molar-refractivity contribution in [2.75, 3.05) is 6.54 Å². The summed E-state index contributed by atoms with van der Waals surface area (Å²) in [6.45, 7) is 2.82. The molecule has 0 radical (unpaired) electrons. The van der Waals surface area contributed by atoms with Gasteiger partial charge in [0.15, 0.2) is 0 Å². The second-order valence-electron chi connectivity index (χ2n) is 5.44. The van der Waals surface area contributed by atoms with Crippen LogP contribution in [0, 0.1) is 11.3 Å². The molecule has 0 bridgehead atoms. The summed E-state index contributed by atoms with van der Waals surface area (Å²) in [5.74, 6) is 0.656. The highest BCUT2D eigenvalue weighted by Crippen LogP contribution is 2.49. The van der Waals surface area contributed by atoms with Crippen LogP contribution in [0.2, 0.25) is 0 Å². The van der Waals surface area contributed by atoms with E-state index in [9.17, 15) is 5.11 Å². The minimum absolute atomic E-state index is 0.137. The third-order valence-electron chi connectivity index (χ3n) is 4.05. The smallest absolute Gasteiger partial charge is 0.0950 e. The minimum atomic E-state index is -0.446. The molecule has 0 amide bonds. The molecule has 0 spiro atoms. The minimum Gasteiger partial charge on any atom is -0.387 e. The number of aliphatic hydroxyl groups excluding tert-OH is 1. The highest BCUT2D eigenvalue weighted by molar-refractivity contribution is 9.13. The van der Waals surface area contributed by atoms with Crippen molar-refractivity contribution in [1.29, 1.82) is 0 Å². The number of hydrogen-bond donors (Lipinski definition) is 2. The van der Waals surface area contributed by atoms with E-state index in [0.717, 1.165) is 26.0 Å². The van der Waals surface area contributed by atoms with E-state index in [4.69, 9.17) is 5.73 Å². The average molecular weight is 397 g/mol. The first-order chi connectivity index (χ1) is 8.48. The van der Waals surface area contributed by atoms with E-state index in [1.54, 1.807) is 11.3 Å². The second kappa shape index (κ2) is 5.92. The molecule has 3 N–H and O–H groups in total. The van der Waals surface area contributed by atoms with Gasteiger partial charge in [-0.05, 0) is 56.7 Å². The molecular formula is C13H19Br2NOS. The van der Waals surface area contributed by atoms with Gasteiger partial charge in [-0.15, -0.1) is 11.3 Å². The van der Waals surface area contributed by atoms with Gasteiger partial charge >= 0.3 is 0 Å². The number of thiophene rings is 1. The first-order valence-corrected chi connectivity index (χ1v) is 8.71. The van der Waals surface area contributed by atoms with E-state index >= 15 is 0 Å². The summed E-state index contributed by atoms with van der Waals surface area (Å²) < 4.78 is 2.05. The highest BCUT2D eigenvalue weighted by Gasteiger charge is 2.41. The molecule has 3 atom stereocenters. The fraction of sp³-hybridized carbons (Fsp3) is 0.692. The Labute approximate surface area is 129 Å². The third-order valence-corrected chi connectivity index (χ3v) is 7.36. The van der Waals surface area contributed by atoms with Crippen LogP contribution >= 0.6 is 43.2 Å². The lowest BCUT2D eigenvalue weighted by Crippen LogP contribution is -2.40. The lowest BCUT2D eigenvalue weighted by atomic mass is 9.66. The molecule has 1 aliphatic rings. The van der Waals surface area contributed by atoms with Crippen molar-refractivity contribution >= 4 is 43.2 Å². The lowest BCUT2D eigenvalue weighted by molar-refractivity contribution is -0.0108. The first kappa shape index (κ1) is 15.0. The molecule has 0 aliphatic heterocycles. The molecule has 1 aliphatic carbocycles. The zero-order valence-electron chi connectivity index (χ0n) is 10.5. The van der Waals surface area contributed by atoms with E-state index in [1.165, 1.54) is 12.8 Å². The molecule has 1 saturated carbocycles. The molecular weight excluding hydrogens is 378 g/mol. The maximum absolute atomic E-state index is 10.7. The van der Waals surface area contributed by atoms with Crippen LogP contribution in [0.1, 0.15) is 43.6 Å². The van der Waals surface area contributed by atoms with Crippen molar-refractivity contribution in [3.05, 3.63) is 19.2 Å². The summed E-state index contributed by atoms with van der Waals surface area (Å²) in [6.07, 6.45) is 4.04. The summed E-state index contributed by atoms with van der Waals surface area (Å²) in [7, 11) is 0. The van der Waals surface area contributed by atoms with Crippen LogP contribution in [0.25, 0.3) is 0 Å². The van der Waals surface area contributed by atoms with Gasteiger partial charge in [-0.3, -0.25) is 0 Å². The Hall–Kier alpha value is 0.580. The molecule has 3 unspecified atom stereocenters. The van der Waals surface area contributed by atoms with Crippen LogP contribution in [-0.4, -0.2) is 11.7 Å². The number of rotatable bonds is 3. The maximum atomic E-state index is 10.7. The number of hydrogen-bond acceptors (Lipinski definition) is 3. The molecule has 1 fully saturated rings. The number of halogens is 2. The van der Waals surface area contributed by atoms with E-state index in [0.29, 0.717) is 12.5 Å². The predicted molar refractivity (Wildman–Crippen MR) is 83.8 cm³/mol. The third kappa shape index (κ3) is 2.85. The molecule has 5 heteroatoms. The molecule has 1 aromatic heterocycles. The lowest BCUT2D eigenvalue weighted by Gasteiger charge is -2.42. The summed E-state index contributed by atoms with van der Waals surface area (Å²) >= 11 is 8.57. The molecule has 0 aromatic carbocycles. The van der Waals surface area contributed by atoms with Gasteiger partial charge in [0.1, 0.15) is 0 Å². The van der Waals surface area contributed by atoms with Crippen molar-refractivity contribution in [2.45, 2.75) is 38.7 Å². The SMILES string of the molecule is CC1CCCC(CN)(C(O)c2cc(Br)c(Br)s2)C1. The summed E-state index contributed by atoms with van der Waals surface area (Å²) in [5, 5.41) is 10.7. The Kier molecular flexibility index (Phi) is 4.92. The molecule has 18 heavy (non-hydrogen) atoms. The van der Waals surface area contributed by atoms with Crippen LogP contribution in [0.5, 0.6) is 0 Å². The fourth-order valence-corrected chi connectivity index (χ4v) is 5.26. The van der Waals surface area contributed by atoms with Crippen LogP contribution in [0.4, 0.5) is 0 Å². The van der Waals surface area contributed by atoms with Gasteiger partial charge in [-0.1, -0.05) is 19.8 Å². The van der Waals surface area contributed by atoms with E-state index in [2.05, 4.69) is 38.8 Å². The van der Waals surface area contributed by atoms with E-state index < -0.39 is 6.10 Å². The van der Waals surface area contributed by atoms with Crippen LogP contribution in [0.15, 0.2) is 14.3 Å². The monoisotopic (exact) mass is 395 g/mol. The second-order valence-corrected chi connectivity index (χ2v) is 8.70. The molecule has 1 aromatic rings. The maximum Gasteiger partial charge on any atom is 0.0950 e. The average Bonchev–Trinajstić information content (AvgIpc) is 2.68. The van der Waals surface area contributed by atoms with Crippen molar-refractivity contribution < 1.29 is 5.11 Å². The van der Waals surface area contributed by atoms with Crippen molar-refractivity contribution in [1.82, 2.24) is 0 Å². The van der Waals surface area contributed by atoms with Gasteiger partial charge in [0.05, 0.1) is 9.89 Å². The zero-order chi connectivity index (χ0) is 13.3. The quantitative estimate of drug-likeness (QED) is 0.791. The van der Waals surface area contributed by atoms with Gasteiger partial charge in [0.25, 0.3) is 0 Å². The fourth-order valence-electron chi connectivity index (χ4n) is 3.05. The number of nitrogens with two attached hydrogens (primary N) is 1.